The van der Waals surface area contributed by atoms with Gasteiger partial charge in [-0.1, -0.05) is 18.2 Å². The van der Waals surface area contributed by atoms with Crippen LogP contribution < -0.4 is 10.6 Å². The molecule has 3 rings (SSSR count). The van der Waals surface area contributed by atoms with Gasteiger partial charge < -0.3 is 10.6 Å². The van der Waals surface area contributed by atoms with Gasteiger partial charge in [0, 0.05) is 35.6 Å². The third-order valence-electron chi connectivity index (χ3n) is 4.22. The highest BCUT2D eigenvalue weighted by atomic mass is 16.2. The Bertz CT molecular complexity index is 1020. The summed E-state index contributed by atoms with van der Waals surface area (Å²) in [6, 6.07) is 16.8. The Morgan fingerprint density at radius 3 is 2.14 bits per heavy atom. The van der Waals surface area contributed by atoms with Crippen LogP contribution in [0.15, 0.2) is 60.7 Å². The monoisotopic (exact) mass is 374 g/mol. The lowest BCUT2D eigenvalue weighted by Crippen LogP contribution is -2.08. The van der Waals surface area contributed by atoms with Gasteiger partial charge in [0.2, 0.25) is 11.8 Å². The fraction of sp³-hybridized carbons (Fsp3) is 0.136. The van der Waals surface area contributed by atoms with Crippen LogP contribution in [0.25, 0.3) is 11.8 Å². The first-order valence-corrected chi connectivity index (χ1v) is 8.92. The van der Waals surface area contributed by atoms with E-state index in [1.807, 2.05) is 48.9 Å². The third-order valence-corrected chi connectivity index (χ3v) is 4.22. The Balaban J connectivity index is 1.71. The molecule has 0 spiro atoms. The summed E-state index contributed by atoms with van der Waals surface area (Å²) < 4.78 is 1.87. The molecule has 2 N–H and O–H groups in total. The molecular weight excluding hydrogens is 352 g/mol. The van der Waals surface area contributed by atoms with Crippen molar-refractivity contribution in [2.24, 2.45) is 0 Å². The summed E-state index contributed by atoms with van der Waals surface area (Å²) in [7, 11) is 0. The second-order valence-electron chi connectivity index (χ2n) is 6.41. The number of benzene rings is 2. The highest BCUT2D eigenvalue weighted by Crippen LogP contribution is 2.19. The van der Waals surface area contributed by atoms with Crippen molar-refractivity contribution in [3.05, 3.63) is 77.6 Å². The molecule has 0 aliphatic carbocycles. The van der Waals surface area contributed by atoms with Crippen LogP contribution in [-0.4, -0.2) is 21.6 Å². The first kappa shape index (κ1) is 19.1. The van der Waals surface area contributed by atoms with E-state index in [0.717, 1.165) is 22.6 Å². The van der Waals surface area contributed by atoms with E-state index in [4.69, 9.17) is 0 Å². The maximum atomic E-state index is 12.3. The van der Waals surface area contributed by atoms with Crippen molar-refractivity contribution in [2.45, 2.75) is 20.8 Å². The number of aromatic nitrogens is 2. The molecule has 142 valence electrons. The van der Waals surface area contributed by atoms with Crippen molar-refractivity contribution >= 4 is 29.3 Å². The number of amides is 2. The van der Waals surface area contributed by atoms with Crippen LogP contribution in [0, 0.1) is 13.8 Å². The molecule has 0 saturated heterocycles. The molecule has 0 aliphatic rings. The average molecular weight is 374 g/mol. The van der Waals surface area contributed by atoms with Crippen LogP contribution in [0.1, 0.15) is 23.9 Å². The Morgan fingerprint density at radius 2 is 1.54 bits per heavy atom. The van der Waals surface area contributed by atoms with Gasteiger partial charge in [-0.05, 0) is 56.3 Å². The SMILES string of the molecule is CC(=O)Nc1ccc(NC(=O)/C=C/c2c(C)nn(-c3ccccc3)c2C)cc1. The summed E-state index contributed by atoms with van der Waals surface area (Å²) in [5, 5.41) is 10.1. The molecule has 0 bridgehead atoms. The molecule has 2 aromatic carbocycles. The maximum Gasteiger partial charge on any atom is 0.248 e. The molecule has 6 nitrogen and oxygen atoms in total. The van der Waals surface area contributed by atoms with Crippen molar-refractivity contribution < 1.29 is 9.59 Å². The second-order valence-corrected chi connectivity index (χ2v) is 6.41. The number of aryl methyl sites for hydroxylation is 1. The zero-order valence-electron chi connectivity index (χ0n) is 16.1. The van der Waals surface area contributed by atoms with Crippen molar-refractivity contribution in [1.82, 2.24) is 9.78 Å². The molecule has 0 aliphatic heterocycles. The lowest BCUT2D eigenvalue weighted by molar-refractivity contribution is -0.114. The average Bonchev–Trinajstić information content (AvgIpc) is 2.96. The van der Waals surface area contributed by atoms with Crippen LogP contribution in [0.4, 0.5) is 11.4 Å². The van der Waals surface area contributed by atoms with Gasteiger partial charge in [0.25, 0.3) is 0 Å². The Morgan fingerprint density at radius 1 is 0.929 bits per heavy atom. The first-order chi connectivity index (χ1) is 13.4. The standard InChI is InChI=1S/C22H22N4O2/c1-15-21(16(2)26(25-15)20-7-5-4-6-8-20)13-14-22(28)24-19-11-9-18(10-12-19)23-17(3)27/h4-14H,1-3H3,(H,23,27)(H,24,28)/b14-13+. The number of nitrogens with zero attached hydrogens (tertiary/aromatic N) is 2. The zero-order valence-corrected chi connectivity index (χ0v) is 16.1. The Labute approximate surface area is 163 Å². The molecule has 1 heterocycles. The van der Waals surface area contributed by atoms with Crippen LogP contribution in [-0.2, 0) is 9.59 Å². The number of anilines is 2. The van der Waals surface area contributed by atoms with Crippen LogP contribution >= 0.6 is 0 Å². The zero-order chi connectivity index (χ0) is 20.1. The molecule has 0 radical (unpaired) electrons. The minimum absolute atomic E-state index is 0.137. The van der Waals surface area contributed by atoms with Crippen LogP contribution in [0.3, 0.4) is 0 Å². The smallest absolute Gasteiger partial charge is 0.248 e. The van der Waals surface area contributed by atoms with Gasteiger partial charge in [0.05, 0.1) is 11.4 Å². The van der Waals surface area contributed by atoms with E-state index in [-0.39, 0.29) is 11.8 Å². The van der Waals surface area contributed by atoms with Crippen molar-refractivity contribution in [3.8, 4) is 5.69 Å². The molecule has 1 aromatic heterocycles. The van der Waals surface area contributed by atoms with Gasteiger partial charge >= 0.3 is 0 Å². The molecule has 0 saturated carbocycles. The quantitative estimate of drug-likeness (QED) is 0.660. The highest BCUT2D eigenvalue weighted by molar-refractivity contribution is 6.02. The number of hydrogen-bond acceptors (Lipinski definition) is 3. The topological polar surface area (TPSA) is 76.0 Å². The van der Waals surface area contributed by atoms with E-state index in [1.54, 1.807) is 30.3 Å². The highest BCUT2D eigenvalue weighted by Gasteiger charge is 2.10. The third kappa shape index (κ3) is 4.54. The van der Waals surface area contributed by atoms with E-state index in [1.165, 1.54) is 13.0 Å². The number of carbonyl (C=O) groups excluding carboxylic acids is 2. The maximum absolute atomic E-state index is 12.3. The predicted molar refractivity (Wildman–Crippen MR) is 111 cm³/mol. The molecule has 28 heavy (non-hydrogen) atoms. The summed E-state index contributed by atoms with van der Waals surface area (Å²) in [6.45, 7) is 5.35. The first-order valence-electron chi connectivity index (χ1n) is 8.92. The lowest BCUT2D eigenvalue weighted by Gasteiger charge is -2.05. The van der Waals surface area contributed by atoms with Crippen LogP contribution in [0.5, 0.6) is 0 Å². The van der Waals surface area contributed by atoms with E-state index >= 15 is 0 Å². The summed E-state index contributed by atoms with van der Waals surface area (Å²) in [4.78, 5) is 23.3. The normalized spacial score (nSPS) is 10.8. The number of rotatable bonds is 5. The molecule has 0 atom stereocenters. The minimum Gasteiger partial charge on any atom is -0.326 e. The summed E-state index contributed by atoms with van der Waals surface area (Å²) in [5.41, 5.74) is 5.04. The van der Waals surface area contributed by atoms with Gasteiger partial charge in [-0.2, -0.15) is 5.10 Å². The van der Waals surface area contributed by atoms with Gasteiger partial charge in [-0.3, -0.25) is 9.59 Å². The minimum atomic E-state index is -0.237. The summed E-state index contributed by atoms with van der Waals surface area (Å²) >= 11 is 0. The molecule has 0 fully saturated rings. The van der Waals surface area contributed by atoms with E-state index in [0.29, 0.717) is 11.4 Å². The van der Waals surface area contributed by atoms with Crippen molar-refractivity contribution in [3.63, 3.8) is 0 Å². The Hall–Kier alpha value is -3.67. The number of hydrogen-bond donors (Lipinski definition) is 2. The van der Waals surface area contributed by atoms with Gasteiger partial charge in [-0.25, -0.2) is 4.68 Å². The molecule has 2 amide bonds. The van der Waals surface area contributed by atoms with Crippen LogP contribution in [0.2, 0.25) is 0 Å². The van der Waals surface area contributed by atoms with Gasteiger partial charge in [0.1, 0.15) is 0 Å². The fourth-order valence-electron chi connectivity index (χ4n) is 2.90. The number of nitrogens with one attached hydrogen (secondary N) is 2. The fourth-order valence-corrected chi connectivity index (χ4v) is 2.90. The van der Waals surface area contributed by atoms with Crippen molar-refractivity contribution in [2.75, 3.05) is 10.6 Å². The largest absolute Gasteiger partial charge is 0.326 e. The summed E-state index contributed by atoms with van der Waals surface area (Å²) in [5.74, 6) is -0.375. The lowest BCUT2D eigenvalue weighted by atomic mass is 10.2. The molecular formula is C22H22N4O2. The summed E-state index contributed by atoms with van der Waals surface area (Å²) in [6.07, 6.45) is 3.27. The van der Waals surface area contributed by atoms with Crippen molar-refractivity contribution in [1.29, 1.82) is 0 Å². The number of para-hydroxylation sites is 1. The van der Waals surface area contributed by atoms with E-state index in [9.17, 15) is 9.59 Å². The van der Waals surface area contributed by atoms with E-state index < -0.39 is 0 Å². The Kier molecular flexibility index (Phi) is 5.69. The molecule has 6 heteroatoms. The predicted octanol–water partition coefficient (Wildman–Crippen LogP) is 4.10. The number of carbonyl (C=O) groups is 2. The second kappa shape index (κ2) is 8.35. The molecule has 3 aromatic rings. The van der Waals surface area contributed by atoms with Gasteiger partial charge in [-0.15, -0.1) is 0 Å². The molecule has 0 unspecified atom stereocenters. The van der Waals surface area contributed by atoms with E-state index in [2.05, 4.69) is 15.7 Å². The van der Waals surface area contributed by atoms with Gasteiger partial charge in [0.15, 0.2) is 0 Å².